The standard InChI is InChI=1S/C13H17N5/c1-9-5-10(2)18(17-9)13-11(6-14-8-16-13)7-15-12-3-4-12/h5-6,8,12,15H,3-4,7H2,1-2H3. The lowest BCUT2D eigenvalue weighted by molar-refractivity contribution is 0.670. The summed E-state index contributed by atoms with van der Waals surface area (Å²) in [6, 6.07) is 2.73. The largest absolute Gasteiger partial charge is 0.310 e. The lowest BCUT2D eigenvalue weighted by Gasteiger charge is -2.09. The topological polar surface area (TPSA) is 55.6 Å². The Kier molecular flexibility index (Phi) is 2.83. The summed E-state index contributed by atoms with van der Waals surface area (Å²) in [5.41, 5.74) is 3.20. The molecule has 1 aliphatic carbocycles. The van der Waals surface area contributed by atoms with Crippen molar-refractivity contribution in [1.82, 2.24) is 25.1 Å². The fourth-order valence-electron chi connectivity index (χ4n) is 2.05. The second-order valence-electron chi connectivity index (χ2n) is 4.87. The third-order valence-electron chi connectivity index (χ3n) is 3.13. The van der Waals surface area contributed by atoms with Crippen molar-refractivity contribution in [2.75, 3.05) is 0 Å². The van der Waals surface area contributed by atoms with Gasteiger partial charge in [-0.2, -0.15) is 5.10 Å². The predicted molar refractivity (Wildman–Crippen MR) is 68.5 cm³/mol. The normalized spacial score (nSPS) is 15.0. The van der Waals surface area contributed by atoms with Gasteiger partial charge < -0.3 is 5.32 Å². The molecule has 5 nitrogen and oxygen atoms in total. The molecule has 5 heteroatoms. The second-order valence-corrected chi connectivity index (χ2v) is 4.87. The van der Waals surface area contributed by atoms with Gasteiger partial charge in [0.1, 0.15) is 6.33 Å². The Labute approximate surface area is 106 Å². The molecule has 1 fully saturated rings. The Balaban J connectivity index is 1.92. The van der Waals surface area contributed by atoms with E-state index in [4.69, 9.17) is 0 Å². The van der Waals surface area contributed by atoms with E-state index in [2.05, 4.69) is 26.4 Å². The van der Waals surface area contributed by atoms with Crippen LogP contribution in [0.1, 0.15) is 29.8 Å². The van der Waals surface area contributed by atoms with Crippen LogP contribution in [0.25, 0.3) is 5.82 Å². The average molecular weight is 243 g/mol. The third-order valence-corrected chi connectivity index (χ3v) is 3.13. The first-order valence-electron chi connectivity index (χ1n) is 6.30. The molecular weight excluding hydrogens is 226 g/mol. The highest BCUT2D eigenvalue weighted by molar-refractivity contribution is 5.33. The number of nitrogens with zero attached hydrogens (tertiary/aromatic N) is 4. The molecule has 0 bridgehead atoms. The van der Waals surface area contributed by atoms with Crippen molar-refractivity contribution in [2.24, 2.45) is 0 Å². The zero-order valence-electron chi connectivity index (χ0n) is 10.7. The van der Waals surface area contributed by atoms with Crippen molar-refractivity contribution in [3.8, 4) is 5.82 Å². The molecule has 0 amide bonds. The van der Waals surface area contributed by atoms with E-state index in [1.807, 2.05) is 24.7 Å². The maximum Gasteiger partial charge on any atom is 0.161 e. The molecule has 0 unspecified atom stereocenters. The quantitative estimate of drug-likeness (QED) is 0.884. The smallest absolute Gasteiger partial charge is 0.161 e. The minimum Gasteiger partial charge on any atom is -0.310 e. The van der Waals surface area contributed by atoms with Gasteiger partial charge >= 0.3 is 0 Å². The monoisotopic (exact) mass is 243 g/mol. The first-order chi connectivity index (χ1) is 8.74. The van der Waals surface area contributed by atoms with Crippen LogP contribution in [-0.4, -0.2) is 25.8 Å². The minimum atomic E-state index is 0.679. The molecule has 0 saturated heterocycles. The van der Waals surface area contributed by atoms with Gasteiger partial charge in [0.2, 0.25) is 0 Å². The predicted octanol–water partition coefficient (Wildman–Crippen LogP) is 1.53. The molecule has 0 atom stereocenters. The average Bonchev–Trinajstić information content (AvgIpc) is 3.12. The summed E-state index contributed by atoms with van der Waals surface area (Å²) in [6.45, 7) is 4.84. The molecule has 0 radical (unpaired) electrons. The number of hydrogen-bond acceptors (Lipinski definition) is 4. The Morgan fingerprint density at radius 3 is 2.89 bits per heavy atom. The zero-order chi connectivity index (χ0) is 12.5. The Morgan fingerprint density at radius 1 is 1.39 bits per heavy atom. The molecule has 18 heavy (non-hydrogen) atoms. The van der Waals surface area contributed by atoms with Gasteiger partial charge in [0.15, 0.2) is 5.82 Å². The van der Waals surface area contributed by atoms with Gasteiger partial charge in [-0.15, -0.1) is 0 Å². The van der Waals surface area contributed by atoms with Crippen LogP contribution in [0.5, 0.6) is 0 Å². The van der Waals surface area contributed by atoms with Gasteiger partial charge in [-0.25, -0.2) is 14.6 Å². The number of nitrogens with one attached hydrogen (secondary N) is 1. The Morgan fingerprint density at radius 2 is 2.22 bits per heavy atom. The number of aryl methyl sites for hydroxylation is 2. The fourth-order valence-corrected chi connectivity index (χ4v) is 2.05. The number of aromatic nitrogens is 4. The van der Waals surface area contributed by atoms with Crippen molar-refractivity contribution in [3.05, 3.63) is 35.5 Å². The van der Waals surface area contributed by atoms with Crippen LogP contribution in [0, 0.1) is 13.8 Å². The molecule has 2 aromatic heterocycles. The molecule has 0 spiro atoms. The molecule has 1 saturated carbocycles. The van der Waals surface area contributed by atoms with Gasteiger partial charge in [-0.1, -0.05) is 0 Å². The molecular formula is C13H17N5. The van der Waals surface area contributed by atoms with E-state index >= 15 is 0 Å². The summed E-state index contributed by atoms with van der Waals surface area (Å²) in [7, 11) is 0. The van der Waals surface area contributed by atoms with Crippen LogP contribution in [0.4, 0.5) is 0 Å². The van der Waals surface area contributed by atoms with Gasteiger partial charge in [0, 0.05) is 30.0 Å². The van der Waals surface area contributed by atoms with Gasteiger partial charge in [0.25, 0.3) is 0 Å². The summed E-state index contributed by atoms with van der Waals surface area (Å²) in [4.78, 5) is 8.48. The third kappa shape index (κ3) is 2.26. The molecule has 1 N–H and O–H groups in total. The van der Waals surface area contributed by atoms with E-state index < -0.39 is 0 Å². The Bertz CT molecular complexity index is 556. The first kappa shape index (κ1) is 11.3. The molecule has 3 rings (SSSR count). The first-order valence-corrected chi connectivity index (χ1v) is 6.30. The van der Waals surface area contributed by atoms with Crippen LogP contribution < -0.4 is 5.32 Å². The van der Waals surface area contributed by atoms with Gasteiger partial charge in [-0.05, 0) is 32.8 Å². The van der Waals surface area contributed by atoms with E-state index in [1.165, 1.54) is 12.8 Å². The van der Waals surface area contributed by atoms with Gasteiger partial charge in [-0.3, -0.25) is 0 Å². The van der Waals surface area contributed by atoms with Crippen LogP contribution in [0.15, 0.2) is 18.6 Å². The summed E-state index contributed by atoms with van der Waals surface area (Å²) >= 11 is 0. The zero-order valence-corrected chi connectivity index (χ0v) is 10.7. The van der Waals surface area contributed by atoms with E-state index in [9.17, 15) is 0 Å². The fraction of sp³-hybridized carbons (Fsp3) is 0.462. The maximum absolute atomic E-state index is 4.48. The molecule has 2 aromatic rings. The van der Waals surface area contributed by atoms with E-state index in [1.54, 1.807) is 6.33 Å². The van der Waals surface area contributed by atoms with Crippen molar-refractivity contribution < 1.29 is 0 Å². The molecule has 1 aliphatic rings. The SMILES string of the molecule is Cc1cc(C)n(-c2ncncc2CNC2CC2)n1. The summed E-state index contributed by atoms with van der Waals surface area (Å²) in [6.07, 6.45) is 6.01. The second kappa shape index (κ2) is 4.49. The van der Waals surface area contributed by atoms with E-state index in [0.29, 0.717) is 6.04 Å². The van der Waals surface area contributed by atoms with E-state index in [-0.39, 0.29) is 0 Å². The number of rotatable bonds is 4. The van der Waals surface area contributed by atoms with Crippen LogP contribution >= 0.6 is 0 Å². The highest BCUT2D eigenvalue weighted by atomic mass is 15.3. The van der Waals surface area contributed by atoms with Crippen LogP contribution in [0.2, 0.25) is 0 Å². The van der Waals surface area contributed by atoms with Crippen molar-refractivity contribution in [3.63, 3.8) is 0 Å². The lowest BCUT2D eigenvalue weighted by atomic mass is 10.3. The molecule has 94 valence electrons. The van der Waals surface area contributed by atoms with Gasteiger partial charge in [0.05, 0.1) is 5.69 Å². The highest BCUT2D eigenvalue weighted by Gasteiger charge is 2.21. The lowest BCUT2D eigenvalue weighted by Crippen LogP contribution is -2.18. The molecule has 0 aliphatic heterocycles. The van der Waals surface area contributed by atoms with E-state index in [0.717, 1.165) is 29.3 Å². The maximum atomic E-state index is 4.48. The van der Waals surface area contributed by atoms with Crippen molar-refractivity contribution >= 4 is 0 Å². The summed E-state index contributed by atoms with van der Waals surface area (Å²) < 4.78 is 1.89. The minimum absolute atomic E-state index is 0.679. The molecule has 2 heterocycles. The molecule has 0 aromatic carbocycles. The van der Waals surface area contributed by atoms with Crippen molar-refractivity contribution in [1.29, 1.82) is 0 Å². The van der Waals surface area contributed by atoms with Crippen molar-refractivity contribution in [2.45, 2.75) is 39.3 Å². The highest BCUT2D eigenvalue weighted by Crippen LogP contribution is 2.20. The Hall–Kier alpha value is -1.75. The number of hydrogen-bond donors (Lipinski definition) is 1. The summed E-state index contributed by atoms with van der Waals surface area (Å²) in [5, 5.41) is 7.97. The summed E-state index contributed by atoms with van der Waals surface area (Å²) in [5.74, 6) is 0.878. The van der Waals surface area contributed by atoms with Crippen LogP contribution in [-0.2, 0) is 6.54 Å². The van der Waals surface area contributed by atoms with Crippen LogP contribution in [0.3, 0.4) is 0 Å².